The lowest BCUT2D eigenvalue weighted by atomic mass is 9.82. The van der Waals surface area contributed by atoms with Crippen LogP contribution in [-0.4, -0.2) is 14.5 Å². The molecule has 2 heterocycles. The molecular weight excluding hydrogens is 522 g/mol. The predicted octanol–water partition coefficient (Wildman–Crippen LogP) is 9.85. The van der Waals surface area contributed by atoms with Crippen LogP contribution in [0.15, 0.2) is 115 Å². The number of rotatable bonds is 2. The van der Waals surface area contributed by atoms with Gasteiger partial charge in [0.25, 0.3) is 0 Å². The van der Waals surface area contributed by atoms with Crippen LogP contribution in [0.2, 0.25) is 0 Å². The molecule has 43 heavy (non-hydrogen) atoms. The summed E-state index contributed by atoms with van der Waals surface area (Å²) in [5, 5.41) is 2.49. The Morgan fingerprint density at radius 1 is 0.512 bits per heavy atom. The summed E-state index contributed by atoms with van der Waals surface area (Å²) >= 11 is 0. The van der Waals surface area contributed by atoms with Gasteiger partial charge in [0.15, 0.2) is 5.82 Å². The highest BCUT2D eigenvalue weighted by atomic mass is 15.1. The van der Waals surface area contributed by atoms with Crippen molar-refractivity contribution >= 4 is 21.8 Å². The summed E-state index contributed by atoms with van der Waals surface area (Å²) in [6.07, 6.45) is 0. The van der Waals surface area contributed by atoms with Crippen LogP contribution < -0.4 is 0 Å². The minimum atomic E-state index is -0.253. The third-order valence-corrected chi connectivity index (χ3v) is 9.97. The van der Waals surface area contributed by atoms with Gasteiger partial charge in [-0.2, -0.15) is 0 Å². The normalized spacial score (nSPS) is 15.3. The first-order chi connectivity index (χ1) is 20.9. The van der Waals surface area contributed by atoms with Crippen LogP contribution in [0.1, 0.15) is 50.1 Å². The van der Waals surface area contributed by atoms with Crippen LogP contribution in [0.5, 0.6) is 0 Å². The molecule has 7 aromatic rings. The summed E-state index contributed by atoms with van der Waals surface area (Å²) in [6, 6.07) is 41.7. The molecule has 0 fully saturated rings. The Morgan fingerprint density at radius 3 is 1.95 bits per heavy atom. The van der Waals surface area contributed by atoms with E-state index >= 15 is 0 Å². The minimum Gasteiger partial charge on any atom is -0.293 e. The Hall–Kier alpha value is -5.02. The molecule has 0 spiro atoms. The third-order valence-electron chi connectivity index (χ3n) is 9.97. The fourth-order valence-corrected chi connectivity index (χ4v) is 7.79. The van der Waals surface area contributed by atoms with Crippen LogP contribution in [0.25, 0.3) is 61.3 Å². The van der Waals surface area contributed by atoms with Crippen LogP contribution in [0.3, 0.4) is 0 Å². The van der Waals surface area contributed by atoms with E-state index in [4.69, 9.17) is 9.97 Å². The second kappa shape index (κ2) is 8.29. The van der Waals surface area contributed by atoms with Gasteiger partial charge in [-0.1, -0.05) is 125 Å². The summed E-state index contributed by atoms with van der Waals surface area (Å²) in [7, 11) is 0. The Kier molecular flexibility index (Phi) is 4.74. The monoisotopic (exact) mass is 553 g/mol. The van der Waals surface area contributed by atoms with Gasteiger partial charge in [-0.15, -0.1) is 0 Å². The third kappa shape index (κ3) is 3.14. The first kappa shape index (κ1) is 24.6. The van der Waals surface area contributed by atoms with Gasteiger partial charge in [-0.3, -0.25) is 4.57 Å². The molecular formula is C40H31N3. The molecule has 2 aromatic heterocycles. The van der Waals surface area contributed by atoms with Crippen LogP contribution in [-0.2, 0) is 10.8 Å². The molecule has 0 amide bonds. The van der Waals surface area contributed by atoms with Crippen molar-refractivity contribution in [1.29, 1.82) is 0 Å². The van der Waals surface area contributed by atoms with Crippen LogP contribution in [0.4, 0.5) is 0 Å². The molecule has 0 N–H and O–H groups in total. The lowest BCUT2D eigenvalue weighted by Gasteiger charge is -2.22. The largest absolute Gasteiger partial charge is 0.293 e. The molecule has 3 nitrogen and oxygen atoms in total. The number of para-hydroxylation sites is 1. The van der Waals surface area contributed by atoms with Crippen molar-refractivity contribution in [1.82, 2.24) is 14.5 Å². The smallest absolute Gasteiger partial charge is 0.161 e. The molecule has 0 aliphatic heterocycles. The van der Waals surface area contributed by atoms with E-state index in [1.807, 2.05) is 6.07 Å². The molecule has 5 aromatic carbocycles. The molecule has 0 atom stereocenters. The van der Waals surface area contributed by atoms with E-state index < -0.39 is 0 Å². The molecule has 0 bridgehead atoms. The summed E-state index contributed by atoms with van der Waals surface area (Å²) in [5.74, 6) is 1.71. The Balaban J connectivity index is 1.45. The zero-order valence-corrected chi connectivity index (χ0v) is 24.8. The highest BCUT2D eigenvalue weighted by molar-refractivity contribution is 6.12. The SMILES string of the molecule is CC1(C)c2ccccc2-c2cc3c4ccccc4n(-c4nc(-c5ccccc5)nc5c4-c4ccccc4C5(C)C)c3cc21. The maximum Gasteiger partial charge on any atom is 0.161 e. The number of aromatic nitrogens is 3. The minimum absolute atomic E-state index is 0.0984. The molecule has 2 aliphatic rings. The van der Waals surface area contributed by atoms with Crippen molar-refractivity contribution in [2.45, 2.75) is 38.5 Å². The Bertz CT molecular complexity index is 2290. The molecule has 0 saturated carbocycles. The van der Waals surface area contributed by atoms with Gasteiger partial charge in [0.05, 0.1) is 16.7 Å². The molecule has 2 aliphatic carbocycles. The highest BCUT2D eigenvalue weighted by Gasteiger charge is 2.41. The molecule has 206 valence electrons. The molecule has 0 unspecified atom stereocenters. The fraction of sp³-hybridized carbons (Fsp3) is 0.150. The van der Waals surface area contributed by atoms with Gasteiger partial charge < -0.3 is 0 Å². The van der Waals surface area contributed by atoms with E-state index in [0.29, 0.717) is 0 Å². The van der Waals surface area contributed by atoms with E-state index in [1.54, 1.807) is 0 Å². The van der Waals surface area contributed by atoms with Crippen LogP contribution in [0, 0.1) is 0 Å². The van der Waals surface area contributed by atoms with Crippen molar-refractivity contribution in [3.63, 3.8) is 0 Å². The zero-order chi connectivity index (χ0) is 29.1. The second-order valence-corrected chi connectivity index (χ2v) is 13.1. The average Bonchev–Trinajstić information content (AvgIpc) is 3.57. The van der Waals surface area contributed by atoms with E-state index in [-0.39, 0.29) is 10.8 Å². The van der Waals surface area contributed by atoms with E-state index in [1.165, 1.54) is 49.7 Å². The Labute approximate surface area is 251 Å². The van der Waals surface area contributed by atoms with Crippen molar-refractivity contribution < 1.29 is 0 Å². The topological polar surface area (TPSA) is 30.7 Å². The van der Waals surface area contributed by atoms with E-state index in [2.05, 4.69) is 141 Å². The maximum atomic E-state index is 5.44. The Morgan fingerprint density at radius 2 is 1.16 bits per heavy atom. The highest BCUT2D eigenvalue weighted by Crippen LogP contribution is 2.53. The lowest BCUT2D eigenvalue weighted by Crippen LogP contribution is -2.18. The van der Waals surface area contributed by atoms with Crippen molar-refractivity contribution in [3.8, 4) is 39.5 Å². The maximum absolute atomic E-state index is 5.44. The fourth-order valence-electron chi connectivity index (χ4n) is 7.79. The summed E-state index contributed by atoms with van der Waals surface area (Å²) in [6.45, 7) is 9.29. The van der Waals surface area contributed by atoms with Gasteiger partial charge in [0.1, 0.15) is 5.82 Å². The predicted molar refractivity (Wildman–Crippen MR) is 177 cm³/mol. The van der Waals surface area contributed by atoms with Gasteiger partial charge in [-0.25, -0.2) is 9.97 Å². The van der Waals surface area contributed by atoms with Gasteiger partial charge >= 0.3 is 0 Å². The average molecular weight is 554 g/mol. The van der Waals surface area contributed by atoms with E-state index in [9.17, 15) is 0 Å². The van der Waals surface area contributed by atoms with Crippen molar-refractivity contribution in [2.24, 2.45) is 0 Å². The number of hydrogen-bond donors (Lipinski definition) is 0. The summed E-state index contributed by atoms with van der Waals surface area (Å²) in [4.78, 5) is 10.7. The van der Waals surface area contributed by atoms with Gasteiger partial charge in [0.2, 0.25) is 0 Å². The molecule has 0 radical (unpaired) electrons. The van der Waals surface area contributed by atoms with E-state index in [0.717, 1.165) is 34.0 Å². The quantitative estimate of drug-likeness (QED) is 0.213. The molecule has 9 rings (SSSR count). The van der Waals surface area contributed by atoms with Crippen LogP contribution >= 0.6 is 0 Å². The summed E-state index contributed by atoms with van der Waals surface area (Å²) < 4.78 is 2.41. The van der Waals surface area contributed by atoms with Crippen molar-refractivity contribution in [2.75, 3.05) is 0 Å². The summed E-state index contributed by atoms with van der Waals surface area (Å²) in [5.41, 5.74) is 13.2. The molecule has 0 saturated heterocycles. The zero-order valence-electron chi connectivity index (χ0n) is 24.8. The molecule has 3 heteroatoms. The van der Waals surface area contributed by atoms with Gasteiger partial charge in [-0.05, 0) is 51.6 Å². The second-order valence-electron chi connectivity index (χ2n) is 13.1. The number of benzene rings is 5. The number of hydrogen-bond acceptors (Lipinski definition) is 2. The first-order valence-electron chi connectivity index (χ1n) is 15.1. The number of nitrogens with zero attached hydrogens (tertiary/aromatic N) is 3. The number of fused-ring (bicyclic) bond motifs is 9. The van der Waals surface area contributed by atoms with Crippen molar-refractivity contribution in [3.05, 3.63) is 138 Å². The lowest BCUT2D eigenvalue weighted by molar-refractivity contribution is 0.635. The first-order valence-corrected chi connectivity index (χ1v) is 15.1. The standard InChI is InChI=1S/C40H31N3/c1-39(2)30-19-11-8-16-25(30)28-22-29-26-17-10-13-21-33(26)43(34(29)23-32(28)39)38-35-27-18-9-12-20-31(27)40(3,4)36(35)41-37(42-38)24-14-6-5-7-15-24/h5-23H,1-4H3. The van der Waals surface area contributed by atoms with Gasteiger partial charge in [0, 0.05) is 32.7 Å².